The molecule has 0 bridgehead atoms. The summed E-state index contributed by atoms with van der Waals surface area (Å²) in [7, 11) is 0. The third-order valence-corrected chi connectivity index (χ3v) is 2.46. The average Bonchev–Trinajstić information content (AvgIpc) is 2.55. The molecule has 1 N–H and O–H groups in total. The molecule has 0 atom stereocenters. The Morgan fingerprint density at radius 2 is 1.88 bits per heavy atom. The Morgan fingerprint density at radius 3 is 2.35 bits per heavy atom. The maximum Gasteiger partial charge on any atom is 0.353 e. The number of nitrogens with zero attached hydrogens (tertiary/aromatic N) is 2. The van der Waals surface area contributed by atoms with Crippen molar-refractivity contribution in [2.24, 2.45) is 0 Å². The molecular formula is C10H8ClF2N3O. The SMILES string of the molecule is C=C1NN(c2ccc(Cl)cc2)C(=O)N1C(F)F. The molecule has 0 radical (unpaired) electrons. The molecule has 1 aromatic rings. The lowest BCUT2D eigenvalue weighted by Gasteiger charge is -2.15. The maximum atomic E-state index is 12.6. The van der Waals surface area contributed by atoms with Gasteiger partial charge in [0, 0.05) is 5.02 Å². The van der Waals surface area contributed by atoms with Crippen molar-refractivity contribution < 1.29 is 13.6 Å². The molecule has 0 unspecified atom stereocenters. The lowest BCUT2D eigenvalue weighted by atomic mass is 10.3. The fourth-order valence-electron chi connectivity index (χ4n) is 1.42. The van der Waals surface area contributed by atoms with Crippen molar-refractivity contribution in [2.45, 2.75) is 6.55 Å². The van der Waals surface area contributed by atoms with Crippen LogP contribution in [0.3, 0.4) is 0 Å². The van der Waals surface area contributed by atoms with E-state index in [1.54, 1.807) is 12.1 Å². The lowest BCUT2D eigenvalue weighted by molar-refractivity contribution is 0.0300. The van der Waals surface area contributed by atoms with Crippen molar-refractivity contribution in [3.8, 4) is 0 Å². The molecule has 1 heterocycles. The molecule has 2 amide bonds. The molecule has 7 heteroatoms. The standard InChI is InChI=1S/C10H8ClF2N3O/c1-6-14-16(10(17)15(6)9(12)13)8-4-2-7(11)3-5-8/h2-5,9,14H,1H2. The molecule has 1 aromatic carbocycles. The molecule has 1 aliphatic rings. The minimum atomic E-state index is -2.93. The molecular weight excluding hydrogens is 252 g/mol. The van der Waals surface area contributed by atoms with Crippen molar-refractivity contribution in [2.75, 3.05) is 5.01 Å². The molecule has 0 aromatic heterocycles. The predicted molar refractivity (Wildman–Crippen MR) is 59.4 cm³/mol. The summed E-state index contributed by atoms with van der Waals surface area (Å²) in [5.74, 6) is -0.167. The first kappa shape index (κ1) is 11.7. The fraction of sp³-hybridized carbons (Fsp3) is 0.100. The van der Waals surface area contributed by atoms with Crippen LogP contribution in [-0.4, -0.2) is 17.5 Å². The molecule has 1 saturated heterocycles. The summed E-state index contributed by atoms with van der Waals surface area (Å²) in [6, 6.07) is 5.30. The van der Waals surface area contributed by atoms with Crippen LogP contribution in [0.5, 0.6) is 0 Å². The third-order valence-electron chi connectivity index (χ3n) is 2.21. The predicted octanol–water partition coefficient (Wildman–Crippen LogP) is 2.78. The second kappa shape index (κ2) is 4.21. The van der Waals surface area contributed by atoms with Gasteiger partial charge in [-0.25, -0.2) is 14.7 Å². The zero-order chi connectivity index (χ0) is 12.6. The molecule has 0 saturated carbocycles. The number of nitrogens with one attached hydrogen (secondary N) is 1. The summed E-state index contributed by atoms with van der Waals surface area (Å²) in [4.78, 5) is 11.9. The van der Waals surface area contributed by atoms with E-state index in [2.05, 4.69) is 12.0 Å². The monoisotopic (exact) mass is 259 g/mol. The normalized spacial score (nSPS) is 15.8. The zero-order valence-electron chi connectivity index (χ0n) is 8.53. The summed E-state index contributed by atoms with van der Waals surface area (Å²) in [6.07, 6.45) is 0. The Kier molecular flexibility index (Phi) is 2.89. The van der Waals surface area contributed by atoms with Crippen LogP contribution in [0.4, 0.5) is 19.3 Å². The smallest absolute Gasteiger partial charge is 0.275 e. The van der Waals surface area contributed by atoms with Gasteiger partial charge in [-0.1, -0.05) is 18.2 Å². The van der Waals surface area contributed by atoms with Gasteiger partial charge in [0.15, 0.2) is 0 Å². The van der Waals surface area contributed by atoms with E-state index in [4.69, 9.17) is 11.6 Å². The maximum absolute atomic E-state index is 12.6. The second-order valence-corrected chi connectivity index (χ2v) is 3.74. The quantitative estimate of drug-likeness (QED) is 0.829. The van der Waals surface area contributed by atoms with Gasteiger partial charge < -0.3 is 0 Å². The number of urea groups is 1. The van der Waals surface area contributed by atoms with E-state index >= 15 is 0 Å². The molecule has 90 valence electrons. The largest absolute Gasteiger partial charge is 0.353 e. The van der Waals surface area contributed by atoms with Gasteiger partial charge >= 0.3 is 12.6 Å². The van der Waals surface area contributed by atoms with Crippen molar-refractivity contribution >= 4 is 23.3 Å². The van der Waals surface area contributed by atoms with E-state index in [-0.39, 0.29) is 10.7 Å². The molecule has 4 nitrogen and oxygen atoms in total. The highest BCUT2D eigenvalue weighted by atomic mass is 35.5. The van der Waals surface area contributed by atoms with Gasteiger partial charge in [-0.05, 0) is 24.3 Å². The average molecular weight is 260 g/mol. The Morgan fingerprint density at radius 1 is 1.29 bits per heavy atom. The zero-order valence-corrected chi connectivity index (χ0v) is 9.29. The number of hydrogen-bond donors (Lipinski definition) is 1. The molecule has 17 heavy (non-hydrogen) atoms. The summed E-state index contributed by atoms with van der Waals surface area (Å²) in [6.45, 7) is 0.416. The Hall–Kier alpha value is -1.82. The number of halogens is 3. The van der Waals surface area contributed by atoms with Gasteiger partial charge in [-0.3, -0.25) is 5.43 Å². The van der Waals surface area contributed by atoms with Crippen LogP contribution in [0.25, 0.3) is 0 Å². The minimum absolute atomic E-state index is 0.167. The number of carbonyl (C=O) groups is 1. The van der Waals surface area contributed by atoms with E-state index in [0.717, 1.165) is 5.01 Å². The van der Waals surface area contributed by atoms with Crippen LogP contribution in [-0.2, 0) is 0 Å². The molecule has 1 fully saturated rings. The van der Waals surface area contributed by atoms with E-state index in [9.17, 15) is 13.6 Å². The summed E-state index contributed by atoms with van der Waals surface area (Å²) in [5.41, 5.74) is 2.87. The Bertz CT molecular complexity index is 463. The molecule has 1 aliphatic heterocycles. The van der Waals surface area contributed by atoms with Gasteiger partial charge in [-0.2, -0.15) is 8.78 Å². The number of alkyl halides is 2. The number of benzene rings is 1. The van der Waals surface area contributed by atoms with Gasteiger partial charge in [0.05, 0.1) is 5.69 Å². The van der Waals surface area contributed by atoms with Gasteiger partial charge in [-0.15, -0.1) is 0 Å². The molecule has 0 spiro atoms. The van der Waals surface area contributed by atoms with Crippen molar-refractivity contribution in [3.05, 3.63) is 41.7 Å². The third kappa shape index (κ3) is 2.03. The minimum Gasteiger partial charge on any atom is -0.275 e. The summed E-state index contributed by atoms with van der Waals surface area (Å²) in [5, 5.41) is 1.47. The first-order chi connectivity index (χ1) is 8.00. The molecule has 2 rings (SSSR count). The van der Waals surface area contributed by atoms with Crippen LogP contribution in [0.15, 0.2) is 36.7 Å². The van der Waals surface area contributed by atoms with E-state index in [1.807, 2.05) is 0 Å². The number of anilines is 1. The highest BCUT2D eigenvalue weighted by molar-refractivity contribution is 6.30. The van der Waals surface area contributed by atoms with E-state index in [1.165, 1.54) is 12.1 Å². The van der Waals surface area contributed by atoms with Gasteiger partial charge in [0.2, 0.25) is 0 Å². The number of amides is 2. The number of hydrogen-bond acceptors (Lipinski definition) is 2. The summed E-state index contributed by atoms with van der Waals surface area (Å²) < 4.78 is 25.1. The van der Waals surface area contributed by atoms with E-state index < -0.39 is 12.6 Å². The number of carbonyl (C=O) groups excluding carboxylic acids is 1. The fourth-order valence-corrected chi connectivity index (χ4v) is 1.55. The van der Waals surface area contributed by atoms with Gasteiger partial charge in [0.1, 0.15) is 5.82 Å². The Labute approximate surface area is 101 Å². The highest BCUT2D eigenvalue weighted by Crippen LogP contribution is 2.25. The number of rotatable bonds is 2. The van der Waals surface area contributed by atoms with Crippen molar-refractivity contribution in [3.63, 3.8) is 0 Å². The number of hydrazine groups is 1. The first-order valence-electron chi connectivity index (χ1n) is 4.63. The van der Waals surface area contributed by atoms with Crippen LogP contribution in [0.1, 0.15) is 0 Å². The lowest BCUT2D eigenvalue weighted by Crippen LogP contribution is -2.36. The first-order valence-corrected chi connectivity index (χ1v) is 5.01. The van der Waals surface area contributed by atoms with Crippen LogP contribution in [0, 0.1) is 0 Å². The van der Waals surface area contributed by atoms with Crippen molar-refractivity contribution in [1.29, 1.82) is 0 Å². The second-order valence-electron chi connectivity index (χ2n) is 3.30. The highest BCUT2D eigenvalue weighted by Gasteiger charge is 2.37. The van der Waals surface area contributed by atoms with E-state index in [0.29, 0.717) is 10.7 Å². The van der Waals surface area contributed by atoms with Crippen LogP contribution >= 0.6 is 11.6 Å². The van der Waals surface area contributed by atoms with Gasteiger partial charge in [0.25, 0.3) is 0 Å². The van der Waals surface area contributed by atoms with Crippen LogP contribution in [0.2, 0.25) is 5.02 Å². The van der Waals surface area contributed by atoms with Crippen molar-refractivity contribution in [1.82, 2.24) is 10.3 Å². The molecule has 0 aliphatic carbocycles. The topological polar surface area (TPSA) is 35.6 Å². The Balaban J connectivity index is 2.27. The van der Waals surface area contributed by atoms with Crippen LogP contribution < -0.4 is 10.4 Å². The summed E-state index contributed by atoms with van der Waals surface area (Å²) >= 11 is 5.69.